The summed E-state index contributed by atoms with van der Waals surface area (Å²) in [5.41, 5.74) is 7.56. The van der Waals surface area contributed by atoms with E-state index in [4.69, 9.17) is 5.73 Å². The van der Waals surface area contributed by atoms with E-state index in [-0.39, 0.29) is 5.91 Å². The van der Waals surface area contributed by atoms with Crippen molar-refractivity contribution in [3.8, 4) is 0 Å². The maximum Gasteiger partial charge on any atom is 0.251 e. The number of amides is 1. The minimum Gasteiger partial charge on any atom is -0.347 e. The van der Waals surface area contributed by atoms with Crippen molar-refractivity contribution >= 4 is 5.91 Å². The first-order valence-electron chi connectivity index (χ1n) is 5.20. The van der Waals surface area contributed by atoms with E-state index >= 15 is 0 Å². The highest BCUT2D eigenvalue weighted by Crippen LogP contribution is 2.01. The largest absolute Gasteiger partial charge is 0.347 e. The number of aromatic amines is 1. The number of pyridine rings is 1. The van der Waals surface area contributed by atoms with Crippen molar-refractivity contribution in [2.24, 2.45) is 5.73 Å². The van der Waals surface area contributed by atoms with E-state index in [0.717, 1.165) is 5.69 Å². The average Bonchev–Trinajstić information content (AvgIpc) is 2.89. The number of hydrogen-bond donors (Lipinski definition) is 3. The number of H-pyrrole nitrogens is 1. The van der Waals surface area contributed by atoms with Gasteiger partial charge in [0.15, 0.2) is 0 Å². The van der Waals surface area contributed by atoms with Crippen LogP contribution in [0.15, 0.2) is 30.9 Å². The zero-order valence-electron chi connectivity index (χ0n) is 9.18. The molecular formula is C11H13N5O. The molecule has 0 aliphatic heterocycles. The van der Waals surface area contributed by atoms with Gasteiger partial charge in [-0.15, -0.1) is 0 Å². The summed E-state index contributed by atoms with van der Waals surface area (Å²) in [6.07, 6.45) is 4.81. The van der Waals surface area contributed by atoms with E-state index in [9.17, 15) is 4.79 Å². The maximum atomic E-state index is 11.8. The molecule has 6 nitrogen and oxygen atoms in total. The number of carbonyl (C=O) groups excluding carboxylic acids is 1. The van der Waals surface area contributed by atoms with Gasteiger partial charge in [-0.25, -0.2) is 4.98 Å². The van der Waals surface area contributed by atoms with E-state index in [0.29, 0.717) is 24.3 Å². The lowest BCUT2D eigenvalue weighted by Crippen LogP contribution is -2.23. The van der Waals surface area contributed by atoms with Crippen LogP contribution in [0.4, 0.5) is 0 Å². The number of nitrogens with zero attached hydrogens (tertiary/aromatic N) is 2. The maximum absolute atomic E-state index is 11.8. The van der Waals surface area contributed by atoms with Crippen LogP contribution in [0.3, 0.4) is 0 Å². The van der Waals surface area contributed by atoms with Crippen LogP contribution in [0.1, 0.15) is 21.7 Å². The molecule has 0 saturated heterocycles. The van der Waals surface area contributed by atoms with Crippen LogP contribution < -0.4 is 11.1 Å². The lowest BCUT2D eigenvalue weighted by Gasteiger charge is -2.04. The third kappa shape index (κ3) is 2.88. The Hall–Kier alpha value is -2.21. The van der Waals surface area contributed by atoms with Gasteiger partial charge in [-0.1, -0.05) is 0 Å². The molecular weight excluding hydrogens is 218 g/mol. The molecule has 0 radical (unpaired) electrons. The molecule has 0 spiro atoms. The SMILES string of the molecule is NCc1cc(C(=O)NCc2cnc[nH]2)ccn1. The van der Waals surface area contributed by atoms with E-state index in [1.807, 2.05) is 0 Å². The van der Waals surface area contributed by atoms with Crippen molar-refractivity contribution in [1.82, 2.24) is 20.3 Å². The first kappa shape index (κ1) is 11.3. The number of nitrogens with two attached hydrogens (primary N) is 1. The fourth-order valence-electron chi connectivity index (χ4n) is 1.39. The summed E-state index contributed by atoms with van der Waals surface area (Å²) >= 11 is 0. The third-order valence-corrected chi connectivity index (χ3v) is 2.28. The molecule has 0 aliphatic rings. The van der Waals surface area contributed by atoms with Crippen LogP contribution in [0, 0.1) is 0 Å². The Balaban J connectivity index is 1.99. The third-order valence-electron chi connectivity index (χ3n) is 2.28. The van der Waals surface area contributed by atoms with Crippen molar-refractivity contribution in [3.63, 3.8) is 0 Å². The topological polar surface area (TPSA) is 96.7 Å². The second-order valence-corrected chi connectivity index (χ2v) is 3.50. The van der Waals surface area contributed by atoms with Gasteiger partial charge in [0.2, 0.25) is 0 Å². The van der Waals surface area contributed by atoms with Crippen LogP contribution in [0.25, 0.3) is 0 Å². The summed E-state index contributed by atoms with van der Waals surface area (Å²) < 4.78 is 0. The molecule has 0 aliphatic carbocycles. The molecule has 2 aromatic rings. The van der Waals surface area contributed by atoms with Gasteiger partial charge in [0.05, 0.1) is 24.3 Å². The predicted molar refractivity (Wildman–Crippen MR) is 61.9 cm³/mol. The fourth-order valence-corrected chi connectivity index (χ4v) is 1.39. The molecule has 0 saturated carbocycles. The summed E-state index contributed by atoms with van der Waals surface area (Å²) in [6, 6.07) is 3.34. The molecule has 0 unspecified atom stereocenters. The van der Waals surface area contributed by atoms with Gasteiger partial charge in [0.1, 0.15) is 0 Å². The molecule has 2 aromatic heterocycles. The summed E-state index contributed by atoms with van der Waals surface area (Å²) in [5, 5.41) is 2.77. The first-order valence-corrected chi connectivity index (χ1v) is 5.20. The molecule has 0 fully saturated rings. The Kier molecular flexibility index (Phi) is 3.46. The Morgan fingerprint density at radius 1 is 1.53 bits per heavy atom. The highest BCUT2D eigenvalue weighted by atomic mass is 16.1. The second kappa shape index (κ2) is 5.22. The standard InChI is InChI=1S/C11H13N5O/c12-4-9-3-8(1-2-14-9)11(17)15-6-10-5-13-7-16-10/h1-3,5,7H,4,6,12H2,(H,13,16)(H,15,17). The Morgan fingerprint density at radius 3 is 3.12 bits per heavy atom. The highest BCUT2D eigenvalue weighted by molar-refractivity contribution is 5.94. The van der Waals surface area contributed by atoms with Crippen molar-refractivity contribution in [3.05, 3.63) is 47.8 Å². The number of nitrogens with one attached hydrogen (secondary N) is 2. The van der Waals surface area contributed by atoms with Crippen LogP contribution in [0.2, 0.25) is 0 Å². The van der Waals surface area contributed by atoms with Crippen LogP contribution in [-0.4, -0.2) is 20.9 Å². The molecule has 0 bridgehead atoms. The molecule has 0 atom stereocenters. The minimum atomic E-state index is -0.156. The van der Waals surface area contributed by atoms with Crippen molar-refractivity contribution in [2.45, 2.75) is 13.1 Å². The van der Waals surface area contributed by atoms with Gasteiger partial charge in [-0.2, -0.15) is 0 Å². The average molecular weight is 231 g/mol. The first-order chi connectivity index (χ1) is 8.29. The number of rotatable bonds is 4. The minimum absolute atomic E-state index is 0.156. The van der Waals surface area contributed by atoms with E-state index in [1.165, 1.54) is 0 Å². The van der Waals surface area contributed by atoms with Crippen LogP contribution in [0.5, 0.6) is 0 Å². The molecule has 6 heteroatoms. The number of hydrogen-bond acceptors (Lipinski definition) is 4. The van der Waals surface area contributed by atoms with Crippen molar-refractivity contribution in [1.29, 1.82) is 0 Å². The zero-order chi connectivity index (χ0) is 12.1. The van der Waals surface area contributed by atoms with Gasteiger partial charge in [0, 0.05) is 24.5 Å². The quantitative estimate of drug-likeness (QED) is 0.700. The monoisotopic (exact) mass is 231 g/mol. The molecule has 2 heterocycles. The summed E-state index contributed by atoms with van der Waals surface area (Å²) in [5.74, 6) is -0.156. The van der Waals surface area contributed by atoms with E-state index < -0.39 is 0 Å². The van der Waals surface area contributed by atoms with Gasteiger partial charge in [0.25, 0.3) is 5.91 Å². The molecule has 1 amide bonds. The zero-order valence-corrected chi connectivity index (χ0v) is 9.18. The summed E-state index contributed by atoms with van der Waals surface area (Å²) in [6.45, 7) is 0.737. The Morgan fingerprint density at radius 2 is 2.41 bits per heavy atom. The van der Waals surface area contributed by atoms with Crippen LogP contribution >= 0.6 is 0 Å². The van der Waals surface area contributed by atoms with Gasteiger partial charge in [-0.3, -0.25) is 9.78 Å². The van der Waals surface area contributed by atoms with Gasteiger partial charge < -0.3 is 16.0 Å². The predicted octanol–water partition coefficient (Wildman–Crippen LogP) is 0.193. The molecule has 17 heavy (non-hydrogen) atoms. The second-order valence-electron chi connectivity index (χ2n) is 3.50. The summed E-state index contributed by atoms with van der Waals surface area (Å²) in [7, 11) is 0. The van der Waals surface area contributed by atoms with Gasteiger partial charge in [-0.05, 0) is 12.1 Å². The number of aromatic nitrogens is 3. The molecule has 0 aromatic carbocycles. The summed E-state index contributed by atoms with van der Waals surface area (Å²) in [4.78, 5) is 22.6. The van der Waals surface area contributed by atoms with Crippen LogP contribution in [-0.2, 0) is 13.1 Å². The fraction of sp³-hybridized carbons (Fsp3) is 0.182. The van der Waals surface area contributed by atoms with E-state index in [1.54, 1.807) is 30.9 Å². The Labute approximate surface area is 98.3 Å². The lowest BCUT2D eigenvalue weighted by atomic mass is 10.2. The smallest absolute Gasteiger partial charge is 0.251 e. The lowest BCUT2D eigenvalue weighted by molar-refractivity contribution is 0.0950. The van der Waals surface area contributed by atoms with Crippen molar-refractivity contribution < 1.29 is 4.79 Å². The number of imidazole rings is 1. The molecule has 88 valence electrons. The normalized spacial score (nSPS) is 10.2. The molecule has 2 rings (SSSR count). The molecule has 4 N–H and O–H groups in total. The van der Waals surface area contributed by atoms with E-state index in [2.05, 4.69) is 20.3 Å². The van der Waals surface area contributed by atoms with Gasteiger partial charge >= 0.3 is 0 Å². The Bertz CT molecular complexity index is 494. The number of carbonyl (C=O) groups is 1. The van der Waals surface area contributed by atoms with Crippen molar-refractivity contribution in [2.75, 3.05) is 0 Å². The highest BCUT2D eigenvalue weighted by Gasteiger charge is 2.06.